The number of nitrogens with zero attached hydrogens (tertiary/aromatic N) is 6. The molecule has 33 heteroatoms. The van der Waals surface area contributed by atoms with Crippen molar-refractivity contribution in [2.45, 2.75) is 96.1 Å². The second kappa shape index (κ2) is 40.8. The van der Waals surface area contributed by atoms with E-state index in [2.05, 4.69) is 72.0 Å². The number of carbonyl (C=O) groups excluding carboxylic acids is 5. The summed E-state index contributed by atoms with van der Waals surface area (Å²) in [6, 6.07) is 60.7. The first kappa shape index (κ1) is 94.2. The van der Waals surface area contributed by atoms with Crippen molar-refractivity contribution < 1.29 is 61.4 Å². The summed E-state index contributed by atoms with van der Waals surface area (Å²) in [5.74, 6) is -1.67. The quantitative estimate of drug-likeness (QED) is 0.0370. The van der Waals surface area contributed by atoms with Crippen molar-refractivity contribution >= 4 is 188 Å². The molecule has 0 radical (unpaired) electrons. The van der Waals surface area contributed by atoms with Gasteiger partial charge in [-0.25, -0.2) is 32.8 Å². The van der Waals surface area contributed by atoms with Crippen LogP contribution in [-0.4, -0.2) is 157 Å². The molecule has 5 N–H and O–H groups in total. The number of alkyl halides is 1. The molecule has 15 aromatic rings. The lowest BCUT2D eigenvalue weighted by Gasteiger charge is -2.35. The standard InChI is InChI=1S/C21H20ClN3O4.C20H18BrClN2O2.C20H17Cl3N2O2.C20H19ClN2O2.C19H15ClF2N2O2/c1-12(2)29-21(26)24-10-9-16-17-11-14(22)5-8-18(17)23-19(16)20(24)13-3-6-15(7-4-13)25(27)28;1-2-26-20(25)24-10-9-15-16-11-14(22)7-8-17(16)23-18(15)19(24)12-3-5-13(21)6-4-12;21-8-10-27-20(26)25-9-7-15-16-11-14(23)5-6-17(16)24-18(15)19(25)12-1-3-13(22)4-2-12;1-12-3-5-13(6-4-12)19-18-15(9-10-23(19)20(24)25-2)16-11-14(21)7-8-17(16)22-18;1-26-19(25)24-8-7-11-13-9-10(20)5-6-15(13)23-17(11)18(24)12-3-2-4-14(21)16(12)22/h3-8,11-12,20,23H,9-10H2,1-2H3;3-8,11,19,23H,2,9-10H2,1H3;1-6,11,19,24H,7-10H2;3-8,11,19,22H,9-10H2,1-2H3;2-6,9,18,23H,7-8H2,1H3. The molecular weight excluding hydrogens is 1910 g/mol. The van der Waals surface area contributed by atoms with E-state index in [0.717, 1.165) is 145 Å². The number of aromatic amines is 5. The van der Waals surface area contributed by atoms with E-state index >= 15 is 0 Å². The molecular formula is C100H89BrCl7F2N11O12. The zero-order valence-corrected chi connectivity index (χ0v) is 79.5. The molecule has 5 atom stereocenters. The van der Waals surface area contributed by atoms with Gasteiger partial charge in [0.25, 0.3) is 5.69 Å². The van der Waals surface area contributed by atoms with Crippen molar-refractivity contribution in [1.29, 1.82) is 0 Å². The number of aryl methyl sites for hydroxylation is 1. The van der Waals surface area contributed by atoms with E-state index in [1.165, 1.54) is 65.6 Å². The van der Waals surface area contributed by atoms with Gasteiger partial charge in [0, 0.05) is 168 Å². The second-order valence-electron chi connectivity index (χ2n) is 32.6. The van der Waals surface area contributed by atoms with E-state index < -0.39 is 40.8 Å². The van der Waals surface area contributed by atoms with Crippen LogP contribution in [0.2, 0.25) is 30.1 Å². The first-order chi connectivity index (χ1) is 64.1. The highest BCUT2D eigenvalue weighted by Crippen LogP contribution is 2.47. The molecule has 133 heavy (non-hydrogen) atoms. The molecule has 5 aromatic heterocycles. The third-order valence-electron chi connectivity index (χ3n) is 24.3. The Morgan fingerprint density at radius 2 is 0.737 bits per heavy atom. The molecule has 5 aliphatic rings. The largest absolute Gasteiger partial charge is 0.453 e. The summed E-state index contributed by atoms with van der Waals surface area (Å²) in [6.07, 6.45) is 1.23. The van der Waals surface area contributed by atoms with E-state index in [4.69, 9.17) is 105 Å². The van der Waals surface area contributed by atoms with Crippen molar-refractivity contribution in [3.05, 3.63) is 352 Å². The van der Waals surface area contributed by atoms with Crippen LogP contribution in [-0.2, 0) is 55.8 Å². The molecule has 10 aromatic carbocycles. The number of halogens is 10. The van der Waals surface area contributed by atoms with Crippen LogP contribution in [0, 0.1) is 28.7 Å². The van der Waals surface area contributed by atoms with Crippen LogP contribution in [0.4, 0.5) is 38.4 Å². The monoisotopic (exact) mass is 2000 g/mol. The Kier molecular flexibility index (Phi) is 28.9. The number of aromatic nitrogens is 5. The number of methoxy groups -OCH3 is 2. The number of fused-ring (bicyclic) bond motifs is 15. The number of non-ortho nitro benzene ring substituents is 1. The van der Waals surface area contributed by atoms with Gasteiger partial charge in [-0.1, -0.05) is 152 Å². The maximum absolute atomic E-state index is 14.6. The molecule has 0 saturated carbocycles. The summed E-state index contributed by atoms with van der Waals surface area (Å²) in [5, 5.41) is 20.3. The summed E-state index contributed by atoms with van der Waals surface area (Å²) < 4.78 is 55.3. The van der Waals surface area contributed by atoms with Gasteiger partial charge < -0.3 is 48.6 Å². The molecule has 0 fully saturated rings. The summed E-state index contributed by atoms with van der Waals surface area (Å²) in [6.45, 7) is 10.6. The van der Waals surface area contributed by atoms with Gasteiger partial charge in [-0.2, -0.15) is 0 Å². The normalized spacial score (nSPS) is 16.5. The van der Waals surface area contributed by atoms with Crippen LogP contribution in [0.3, 0.4) is 0 Å². The van der Waals surface area contributed by atoms with Gasteiger partial charge in [-0.3, -0.25) is 34.6 Å². The first-order valence-electron chi connectivity index (χ1n) is 43.0. The molecule has 10 heterocycles. The highest BCUT2D eigenvalue weighted by Gasteiger charge is 2.42. The number of amides is 5. The minimum Gasteiger partial charge on any atom is -0.453 e. The summed E-state index contributed by atoms with van der Waals surface area (Å²) in [4.78, 5) is 98.9. The average molecular weight is 2000 g/mol. The minimum absolute atomic E-state index is 0.00418. The fourth-order valence-electron chi connectivity index (χ4n) is 18.5. The fraction of sp³-hybridized carbons (Fsp3) is 0.250. The second-order valence-corrected chi connectivity index (χ2v) is 36.6. The molecule has 0 aliphatic carbocycles. The predicted molar refractivity (Wildman–Crippen MR) is 520 cm³/mol. The Labute approximate surface area is 806 Å². The Balaban J connectivity index is 0.000000121. The molecule has 20 rings (SSSR count). The smallest absolute Gasteiger partial charge is 0.410 e. The highest BCUT2D eigenvalue weighted by molar-refractivity contribution is 9.10. The third-order valence-corrected chi connectivity index (χ3v) is 26.4. The van der Waals surface area contributed by atoms with Crippen molar-refractivity contribution in [3.63, 3.8) is 0 Å². The molecule has 0 bridgehead atoms. The number of rotatable bonds is 10. The van der Waals surface area contributed by atoms with E-state index in [1.54, 1.807) is 51.6 Å². The number of H-pyrrole nitrogens is 5. The van der Waals surface area contributed by atoms with Gasteiger partial charge in [-0.05, 0) is 243 Å². The van der Waals surface area contributed by atoms with E-state index in [0.29, 0.717) is 83.0 Å². The van der Waals surface area contributed by atoms with E-state index in [-0.39, 0.29) is 66.2 Å². The van der Waals surface area contributed by atoms with Crippen molar-refractivity contribution in [2.75, 3.05) is 66.0 Å². The molecule has 23 nitrogen and oxygen atoms in total. The summed E-state index contributed by atoms with van der Waals surface area (Å²) in [5.41, 5.74) is 20.2. The third kappa shape index (κ3) is 19.7. The number of carbonyl (C=O) groups is 5. The van der Waals surface area contributed by atoms with Crippen LogP contribution >= 0.6 is 97.1 Å². The Morgan fingerprint density at radius 1 is 0.429 bits per heavy atom. The van der Waals surface area contributed by atoms with Crippen LogP contribution < -0.4 is 0 Å². The lowest BCUT2D eigenvalue weighted by molar-refractivity contribution is -0.384. The molecule has 5 amide bonds. The maximum Gasteiger partial charge on any atom is 0.410 e. The lowest BCUT2D eigenvalue weighted by Crippen LogP contribution is -2.41. The van der Waals surface area contributed by atoms with Crippen LogP contribution in [0.15, 0.2) is 211 Å². The number of hydrogen-bond donors (Lipinski definition) is 5. The lowest BCUT2D eigenvalue weighted by atomic mass is 9.92. The van der Waals surface area contributed by atoms with Crippen LogP contribution in [0.25, 0.3) is 54.5 Å². The SMILES string of the molecule is CC(C)OC(=O)N1CCc2c([nH]c3ccc(Cl)cc23)C1c1ccc([N+](=O)[O-])cc1.CCOC(=O)N1CCc2c([nH]c3ccc(Cl)cc23)C1c1ccc(Br)cc1.COC(=O)N1CCc2c([nH]c3ccc(Cl)cc23)C1c1ccc(C)cc1.COC(=O)N1CCc2c([nH]c3ccc(Cl)cc23)C1c1cccc(F)c1F.O=C(OCCCl)N1CCc2c([nH]c3ccc(Cl)cc23)C1c1ccc(Cl)cc1. The van der Waals surface area contributed by atoms with E-state index in [1.807, 2.05) is 140 Å². The average Bonchev–Trinajstić information content (AvgIpc) is 1.63. The Bertz CT molecular complexity index is 6910. The fourth-order valence-corrected chi connectivity index (χ4v) is 19.8. The molecule has 5 aliphatic heterocycles. The van der Waals surface area contributed by atoms with Gasteiger partial charge in [0.1, 0.15) is 36.8 Å². The maximum atomic E-state index is 14.6. The predicted octanol–water partition coefficient (Wildman–Crippen LogP) is 26.4. The summed E-state index contributed by atoms with van der Waals surface area (Å²) >= 11 is 46.1. The Hall–Kier alpha value is -12.0. The minimum atomic E-state index is -0.976. The van der Waals surface area contributed by atoms with Crippen molar-refractivity contribution in [3.8, 4) is 0 Å². The van der Waals surface area contributed by atoms with Gasteiger partial charge in [0.15, 0.2) is 11.6 Å². The van der Waals surface area contributed by atoms with Gasteiger partial charge >= 0.3 is 30.5 Å². The first-order valence-corrected chi connectivity index (χ1v) is 46.5. The van der Waals surface area contributed by atoms with Crippen molar-refractivity contribution in [1.82, 2.24) is 49.4 Å². The zero-order chi connectivity index (χ0) is 93.9. The van der Waals surface area contributed by atoms with Gasteiger partial charge in [0.2, 0.25) is 0 Å². The van der Waals surface area contributed by atoms with Crippen LogP contribution in [0.5, 0.6) is 0 Å². The zero-order valence-electron chi connectivity index (χ0n) is 72.6. The number of nitro groups is 1. The molecule has 0 saturated heterocycles. The highest BCUT2D eigenvalue weighted by atomic mass is 79.9. The summed E-state index contributed by atoms with van der Waals surface area (Å²) in [7, 11) is 2.69. The number of nitro benzene ring substituents is 1. The van der Waals surface area contributed by atoms with Gasteiger partial charge in [0.05, 0.1) is 37.7 Å². The molecule has 0 spiro atoms. The number of nitrogens with one attached hydrogen (secondary N) is 5. The molecule has 686 valence electrons. The Morgan fingerprint density at radius 3 is 1.08 bits per heavy atom. The molecule has 5 unspecified atom stereocenters. The number of benzene rings is 10. The van der Waals surface area contributed by atoms with E-state index in [9.17, 15) is 42.9 Å². The van der Waals surface area contributed by atoms with Crippen LogP contribution in [0.1, 0.15) is 141 Å². The van der Waals surface area contributed by atoms with Crippen molar-refractivity contribution in [2.24, 2.45) is 0 Å². The number of ether oxygens (including phenoxy) is 5. The topological polar surface area (TPSA) is 270 Å². The number of hydrogen-bond acceptors (Lipinski definition) is 12. The van der Waals surface area contributed by atoms with Gasteiger partial charge in [-0.15, -0.1) is 11.6 Å².